The summed E-state index contributed by atoms with van der Waals surface area (Å²) in [6, 6.07) is 4.74. The molecule has 128 valence electrons. The van der Waals surface area contributed by atoms with Crippen LogP contribution in [0.4, 0.5) is 0 Å². The Morgan fingerprint density at radius 3 is 2.70 bits per heavy atom. The molecule has 0 saturated heterocycles. The Balaban J connectivity index is 0.00000264. The quantitative estimate of drug-likeness (QED) is 0.384. The number of thiophene rings is 1. The number of aryl methyl sites for hydroxylation is 2. The van der Waals surface area contributed by atoms with Crippen molar-refractivity contribution in [1.29, 1.82) is 0 Å². The summed E-state index contributed by atoms with van der Waals surface area (Å²) in [5, 5.41) is 6.80. The van der Waals surface area contributed by atoms with E-state index >= 15 is 0 Å². The second-order valence-electron chi connectivity index (χ2n) is 5.32. The van der Waals surface area contributed by atoms with Crippen LogP contribution in [-0.4, -0.2) is 23.5 Å². The van der Waals surface area contributed by atoms with Gasteiger partial charge in [0.05, 0.1) is 17.7 Å². The lowest BCUT2D eigenvalue weighted by molar-refractivity contribution is 0.645. The van der Waals surface area contributed by atoms with Gasteiger partial charge in [0.1, 0.15) is 0 Å². The second-order valence-corrected chi connectivity index (χ2v) is 7.63. The van der Waals surface area contributed by atoms with Crippen molar-refractivity contribution in [2.24, 2.45) is 4.99 Å². The molecule has 0 aliphatic rings. The first-order valence-electron chi connectivity index (χ1n) is 7.57. The van der Waals surface area contributed by atoms with Crippen molar-refractivity contribution < 1.29 is 0 Å². The molecule has 2 heterocycles. The summed E-state index contributed by atoms with van der Waals surface area (Å²) >= 11 is 3.52. The average Bonchev–Trinajstić information content (AvgIpc) is 3.05. The molecule has 7 heteroatoms. The first kappa shape index (κ1) is 20.4. The molecule has 4 nitrogen and oxygen atoms in total. The van der Waals surface area contributed by atoms with E-state index in [1.165, 1.54) is 14.6 Å². The van der Waals surface area contributed by atoms with E-state index in [0.29, 0.717) is 12.6 Å². The lowest BCUT2D eigenvalue weighted by Gasteiger charge is -2.17. The molecule has 2 N–H and O–H groups in total. The fraction of sp³-hybridized carbons (Fsp3) is 0.500. The van der Waals surface area contributed by atoms with E-state index in [-0.39, 0.29) is 24.0 Å². The maximum absolute atomic E-state index is 4.67. The number of aromatic nitrogens is 1. The molecule has 0 aromatic carbocycles. The molecule has 0 fully saturated rings. The van der Waals surface area contributed by atoms with Gasteiger partial charge >= 0.3 is 0 Å². The molecule has 0 aliphatic heterocycles. The number of nitrogens with one attached hydrogen (secondary N) is 2. The molecule has 0 aliphatic carbocycles. The lowest BCUT2D eigenvalue weighted by atomic mass is 10.2. The van der Waals surface area contributed by atoms with E-state index in [4.69, 9.17) is 0 Å². The third-order valence-electron chi connectivity index (χ3n) is 3.26. The highest BCUT2D eigenvalue weighted by molar-refractivity contribution is 14.0. The number of aliphatic imine (C=N–C) groups is 1. The van der Waals surface area contributed by atoms with E-state index in [9.17, 15) is 0 Å². The Morgan fingerprint density at radius 1 is 1.35 bits per heavy atom. The van der Waals surface area contributed by atoms with Crippen LogP contribution >= 0.6 is 46.7 Å². The highest BCUT2D eigenvalue weighted by atomic mass is 127. The topological polar surface area (TPSA) is 49.3 Å². The number of guanidine groups is 1. The van der Waals surface area contributed by atoms with Gasteiger partial charge in [-0.2, -0.15) is 0 Å². The van der Waals surface area contributed by atoms with Gasteiger partial charge < -0.3 is 10.6 Å². The maximum Gasteiger partial charge on any atom is 0.191 e. The van der Waals surface area contributed by atoms with Crippen molar-refractivity contribution in [3.63, 3.8) is 0 Å². The van der Waals surface area contributed by atoms with Crippen LogP contribution in [0.1, 0.15) is 34.2 Å². The van der Waals surface area contributed by atoms with Gasteiger partial charge in [-0.3, -0.25) is 0 Å². The predicted molar refractivity (Wildman–Crippen MR) is 112 cm³/mol. The molecule has 0 amide bonds. The van der Waals surface area contributed by atoms with Gasteiger partial charge in [-0.25, -0.2) is 9.98 Å². The van der Waals surface area contributed by atoms with Crippen LogP contribution in [0.2, 0.25) is 0 Å². The van der Waals surface area contributed by atoms with Crippen LogP contribution in [-0.2, 0) is 13.0 Å². The molecule has 2 aromatic rings. The van der Waals surface area contributed by atoms with Crippen LogP contribution < -0.4 is 10.6 Å². The summed E-state index contributed by atoms with van der Waals surface area (Å²) in [6.07, 6.45) is 1.02. The average molecular weight is 464 g/mol. The van der Waals surface area contributed by atoms with Crippen molar-refractivity contribution in [1.82, 2.24) is 15.6 Å². The van der Waals surface area contributed by atoms with Crippen LogP contribution in [0, 0.1) is 13.8 Å². The van der Waals surface area contributed by atoms with Crippen LogP contribution in [0.3, 0.4) is 0 Å². The Hall–Kier alpha value is -0.670. The monoisotopic (exact) mass is 464 g/mol. The summed E-state index contributed by atoms with van der Waals surface area (Å²) in [6.45, 7) is 10.00. The van der Waals surface area contributed by atoms with E-state index in [2.05, 4.69) is 53.5 Å². The molecular weight excluding hydrogens is 439 g/mol. The lowest BCUT2D eigenvalue weighted by Crippen LogP contribution is -2.43. The fourth-order valence-corrected chi connectivity index (χ4v) is 3.85. The van der Waals surface area contributed by atoms with Crippen molar-refractivity contribution in [3.05, 3.63) is 38.0 Å². The van der Waals surface area contributed by atoms with E-state index in [1.807, 2.05) is 23.8 Å². The Kier molecular flexibility index (Phi) is 9.08. The second kappa shape index (κ2) is 10.2. The first-order chi connectivity index (χ1) is 10.6. The molecule has 0 bridgehead atoms. The van der Waals surface area contributed by atoms with Crippen LogP contribution in [0.5, 0.6) is 0 Å². The van der Waals surface area contributed by atoms with Crippen molar-refractivity contribution in [3.8, 4) is 0 Å². The zero-order valence-electron chi connectivity index (χ0n) is 14.0. The highest BCUT2D eigenvalue weighted by Crippen LogP contribution is 2.17. The normalized spacial score (nSPS) is 12.6. The summed E-state index contributed by atoms with van der Waals surface area (Å²) in [5.74, 6) is 0.871. The molecular formula is C16H25IN4S2. The van der Waals surface area contributed by atoms with Crippen molar-refractivity contribution in [2.75, 3.05) is 6.54 Å². The van der Waals surface area contributed by atoms with Gasteiger partial charge in [0.2, 0.25) is 0 Å². The third-order valence-corrected chi connectivity index (χ3v) is 5.20. The first-order valence-corrected chi connectivity index (χ1v) is 9.27. The predicted octanol–water partition coefficient (Wildman–Crippen LogP) is 4.13. The Bertz CT molecular complexity index is 621. The summed E-state index contributed by atoms with van der Waals surface area (Å²) < 4.78 is 0. The van der Waals surface area contributed by atoms with E-state index in [0.717, 1.165) is 24.6 Å². The van der Waals surface area contributed by atoms with Gasteiger partial charge in [-0.1, -0.05) is 0 Å². The van der Waals surface area contributed by atoms with Gasteiger partial charge in [0, 0.05) is 33.6 Å². The largest absolute Gasteiger partial charge is 0.357 e. The molecule has 0 saturated carbocycles. The minimum Gasteiger partial charge on any atom is -0.357 e. The molecule has 0 spiro atoms. The number of hydrogen-bond donors (Lipinski definition) is 2. The zero-order valence-corrected chi connectivity index (χ0v) is 18.0. The van der Waals surface area contributed by atoms with Crippen LogP contribution in [0.15, 0.2) is 22.6 Å². The Labute approximate surface area is 163 Å². The highest BCUT2D eigenvalue weighted by Gasteiger charge is 2.08. The van der Waals surface area contributed by atoms with Gasteiger partial charge in [-0.05, 0) is 39.8 Å². The number of nitrogens with zero attached hydrogens (tertiary/aromatic N) is 2. The minimum absolute atomic E-state index is 0. The van der Waals surface area contributed by atoms with E-state index < -0.39 is 0 Å². The molecule has 2 rings (SSSR count). The Morgan fingerprint density at radius 2 is 2.13 bits per heavy atom. The molecule has 23 heavy (non-hydrogen) atoms. The molecule has 1 atom stereocenters. The number of thiazole rings is 1. The summed E-state index contributed by atoms with van der Waals surface area (Å²) in [4.78, 5) is 12.9. The number of halogens is 1. The fourth-order valence-electron chi connectivity index (χ4n) is 2.13. The molecule has 0 radical (unpaired) electrons. The molecule has 1 unspecified atom stereocenters. The standard InChI is InChI=1S/C16H24N4S2.HI/c1-5-17-16(18-9-15-13(4)19-10-21-15)20-11(2)8-14-7-6-12(3)22-14;/h6-7,10-11H,5,8-9H2,1-4H3,(H2,17,18,20);1H. The van der Waals surface area contributed by atoms with Gasteiger partial charge in [-0.15, -0.1) is 46.7 Å². The number of rotatable bonds is 6. The smallest absolute Gasteiger partial charge is 0.191 e. The zero-order chi connectivity index (χ0) is 15.9. The third kappa shape index (κ3) is 6.76. The number of hydrogen-bond acceptors (Lipinski definition) is 4. The molecule has 2 aromatic heterocycles. The minimum atomic E-state index is 0. The van der Waals surface area contributed by atoms with Crippen LogP contribution in [0.25, 0.3) is 0 Å². The van der Waals surface area contributed by atoms with E-state index in [1.54, 1.807) is 11.3 Å². The summed E-state index contributed by atoms with van der Waals surface area (Å²) in [7, 11) is 0. The van der Waals surface area contributed by atoms with Crippen molar-refractivity contribution >= 4 is 52.6 Å². The maximum atomic E-state index is 4.67. The summed E-state index contributed by atoms with van der Waals surface area (Å²) in [5.41, 5.74) is 2.95. The van der Waals surface area contributed by atoms with Crippen molar-refractivity contribution in [2.45, 2.75) is 46.7 Å². The van der Waals surface area contributed by atoms with Gasteiger partial charge in [0.15, 0.2) is 5.96 Å². The SMILES string of the molecule is CCNC(=NCc1scnc1C)NC(C)Cc1ccc(C)s1.I. The van der Waals surface area contributed by atoms with Gasteiger partial charge in [0.25, 0.3) is 0 Å².